The molecule has 0 aliphatic carbocycles. The van der Waals surface area contributed by atoms with Gasteiger partial charge in [-0.15, -0.1) is 0 Å². The lowest BCUT2D eigenvalue weighted by atomic mass is 9.83. The van der Waals surface area contributed by atoms with E-state index in [-0.39, 0.29) is 5.54 Å². The first-order valence-corrected chi connectivity index (χ1v) is 5.00. The lowest BCUT2D eigenvalue weighted by molar-refractivity contribution is 0.411. The molecule has 13 heavy (non-hydrogen) atoms. The van der Waals surface area contributed by atoms with Crippen LogP contribution in [0.25, 0.3) is 0 Å². The first-order chi connectivity index (χ1) is 6.20. The van der Waals surface area contributed by atoms with Crippen molar-refractivity contribution in [3.8, 4) is 0 Å². The summed E-state index contributed by atoms with van der Waals surface area (Å²) in [5.41, 5.74) is 1.74. The zero-order valence-corrected chi connectivity index (χ0v) is 8.38. The predicted molar refractivity (Wildman–Crippen MR) is 55.9 cm³/mol. The highest BCUT2D eigenvalue weighted by Crippen LogP contribution is 2.34. The van der Waals surface area contributed by atoms with Crippen molar-refractivity contribution < 1.29 is 0 Å². The third-order valence-corrected chi connectivity index (χ3v) is 3.09. The Morgan fingerprint density at radius 1 is 1.23 bits per heavy atom. The summed E-state index contributed by atoms with van der Waals surface area (Å²) in [6.07, 6.45) is 1.26. The minimum absolute atomic E-state index is 0.265. The van der Waals surface area contributed by atoms with Crippen LogP contribution in [0.3, 0.4) is 0 Å². The van der Waals surface area contributed by atoms with Crippen LogP contribution in [0.15, 0.2) is 30.3 Å². The minimum Gasteiger partial charge on any atom is -0.311 e. The average Bonchev–Trinajstić information content (AvgIpc) is 2.47. The van der Waals surface area contributed by atoms with Crippen LogP contribution in [0.1, 0.15) is 31.7 Å². The third-order valence-electron chi connectivity index (χ3n) is 3.09. The molecule has 1 nitrogen and oxygen atoms in total. The van der Waals surface area contributed by atoms with Gasteiger partial charge in [0.05, 0.1) is 0 Å². The molecule has 0 aromatic heterocycles. The normalized spacial score (nSPS) is 26.2. The Morgan fingerprint density at radius 3 is 2.46 bits per heavy atom. The summed E-state index contributed by atoms with van der Waals surface area (Å²) >= 11 is 0. The topological polar surface area (TPSA) is 12.0 Å². The molecule has 1 aromatic carbocycles. The molecule has 1 N–H and O–H groups in total. The average molecular weight is 175 g/mol. The molecular weight excluding hydrogens is 158 g/mol. The maximum absolute atomic E-state index is 3.54. The molecule has 0 saturated carbocycles. The van der Waals surface area contributed by atoms with Crippen LogP contribution < -0.4 is 5.32 Å². The molecule has 2 rings (SSSR count). The summed E-state index contributed by atoms with van der Waals surface area (Å²) in [7, 11) is 0. The number of benzene rings is 1. The highest BCUT2D eigenvalue weighted by atomic mass is 15.0. The van der Waals surface area contributed by atoms with Crippen LogP contribution in [0.2, 0.25) is 0 Å². The molecule has 1 aliphatic heterocycles. The fourth-order valence-electron chi connectivity index (χ4n) is 2.29. The highest BCUT2D eigenvalue weighted by molar-refractivity contribution is 5.24. The summed E-state index contributed by atoms with van der Waals surface area (Å²) in [4.78, 5) is 0. The second kappa shape index (κ2) is 3.15. The van der Waals surface area contributed by atoms with Gasteiger partial charge in [-0.3, -0.25) is 0 Å². The second-order valence-electron chi connectivity index (χ2n) is 4.40. The molecule has 70 valence electrons. The van der Waals surface area contributed by atoms with Gasteiger partial charge >= 0.3 is 0 Å². The molecule has 0 spiro atoms. The van der Waals surface area contributed by atoms with Crippen LogP contribution in [0.4, 0.5) is 0 Å². The van der Waals surface area contributed by atoms with Crippen molar-refractivity contribution in [2.45, 2.75) is 31.7 Å². The second-order valence-corrected chi connectivity index (χ2v) is 4.40. The number of nitrogens with one attached hydrogen (secondary N) is 1. The molecule has 1 fully saturated rings. The summed E-state index contributed by atoms with van der Waals surface area (Å²) in [6.45, 7) is 5.72. The van der Waals surface area contributed by atoms with Crippen molar-refractivity contribution in [2.24, 2.45) is 0 Å². The minimum atomic E-state index is 0.265. The van der Waals surface area contributed by atoms with E-state index in [1.807, 2.05) is 0 Å². The van der Waals surface area contributed by atoms with Gasteiger partial charge in [0, 0.05) is 11.5 Å². The molecule has 1 aliphatic rings. The van der Waals surface area contributed by atoms with E-state index < -0.39 is 0 Å². The van der Waals surface area contributed by atoms with E-state index in [2.05, 4.69) is 49.5 Å². The molecule has 0 amide bonds. The monoisotopic (exact) mass is 175 g/mol. The van der Waals surface area contributed by atoms with Crippen LogP contribution >= 0.6 is 0 Å². The van der Waals surface area contributed by atoms with Crippen molar-refractivity contribution in [2.75, 3.05) is 6.54 Å². The number of hydrogen-bond donors (Lipinski definition) is 1. The summed E-state index contributed by atoms with van der Waals surface area (Å²) in [5.74, 6) is 0.675. The Kier molecular flexibility index (Phi) is 2.12. The van der Waals surface area contributed by atoms with E-state index in [4.69, 9.17) is 0 Å². The Bertz CT molecular complexity index is 276. The first-order valence-electron chi connectivity index (χ1n) is 5.00. The molecule has 0 bridgehead atoms. The van der Waals surface area contributed by atoms with Crippen LogP contribution in [0.5, 0.6) is 0 Å². The predicted octanol–water partition coefficient (Wildman–Crippen LogP) is 2.54. The molecular formula is C12H17N. The Morgan fingerprint density at radius 2 is 1.92 bits per heavy atom. The Labute approximate surface area is 80.2 Å². The van der Waals surface area contributed by atoms with Crippen molar-refractivity contribution in [1.82, 2.24) is 5.32 Å². The zero-order chi connectivity index (χ0) is 9.31. The highest BCUT2D eigenvalue weighted by Gasteiger charge is 2.34. The van der Waals surface area contributed by atoms with Crippen LogP contribution in [0, 0.1) is 0 Å². The first kappa shape index (κ1) is 8.76. The van der Waals surface area contributed by atoms with Gasteiger partial charge in [-0.2, -0.15) is 0 Å². The largest absolute Gasteiger partial charge is 0.311 e. The Hall–Kier alpha value is -0.820. The van der Waals surface area contributed by atoms with Gasteiger partial charge in [0.1, 0.15) is 0 Å². The van der Waals surface area contributed by atoms with Crippen molar-refractivity contribution >= 4 is 0 Å². The van der Waals surface area contributed by atoms with E-state index in [0.717, 1.165) is 6.54 Å². The maximum Gasteiger partial charge on any atom is 0.0194 e. The fraction of sp³-hybridized carbons (Fsp3) is 0.500. The summed E-state index contributed by atoms with van der Waals surface area (Å²) in [6, 6.07) is 10.8. The molecule has 1 saturated heterocycles. The van der Waals surface area contributed by atoms with Crippen LogP contribution in [-0.4, -0.2) is 12.1 Å². The van der Waals surface area contributed by atoms with Gasteiger partial charge in [0.15, 0.2) is 0 Å². The molecule has 0 radical (unpaired) electrons. The molecule has 1 aromatic rings. The van der Waals surface area contributed by atoms with Crippen molar-refractivity contribution in [3.05, 3.63) is 35.9 Å². The standard InChI is InChI=1S/C12H17N/c1-12(2)11(8-9-13-12)10-6-4-3-5-7-10/h3-7,11,13H,8-9H2,1-2H3. The van der Waals surface area contributed by atoms with Gasteiger partial charge in [-0.05, 0) is 32.4 Å². The fourth-order valence-corrected chi connectivity index (χ4v) is 2.29. The van der Waals surface area contributed by atoms with E-state index in [0.29, 0.717) is 5.92 Å². The van der Waals surface area contributed by atoms with Crippen LogP contribution in [-0.2, 0) is 0 Å². The maximum atomic E-state index is 3.54. The summed E-state index contributed by atoms with van der Waals surface area (Å²) < 4.78 is 0. The van der Waals surface area contributed by atoms with Gasteiger partial charge in [0.2, 0.25) is 0 Å². The molecule has 1 heteroatoms. The van der Waals surface area contributed by atoms with Gasteiger partial charge in [-0.1, -0.05) is 30.3 Å². The molecule has 1 heterocycles. The molecule has 1 atom stereocenters. The number of hydrogen-bond acceptors (Lipinski definition) is 1. The third kappa shape index (κ3) is 1.61. The van der Waals surface area contributed by atoms with E-state index in [1.165, 1.54) is 12.0 Å². The van der Waals surface area contributed by atoms with Gasteiger partial charge < -0.3 is 5.32 Å². The van der Waals surface area contributed by atoms with E-state index in [9.17, 15) is 0 Å². The Balaban J connectivity index is 2.27. The lowest BCUT2D eigenvalue weighted by Crippen LogP contribution is -2.36. The molecule has 1 unspecified atom stereocenters. The summed E-state index contributed by atoms with van der Waals surface area (Å²) in [5, 5.41) is 3.54. The SMILES string of the molecule is CC1(C)NCCC1c1ccccc1. The lowest BCUT2D eigenvalue weighted by Gasteiger charge is -2.27. The quantitative estimate of drug-likeness (QED) is 0.691. The smallest absolute Gasteiger partial charge is 0.0194 e. The van der Waals surface area contributed by atoms with Gasteiger partial charge in [-0.25, -0.2) is 0 Å². The van der Waals surface area contributed by atoms with Crippen molar-refractivity contribution in [3.63, 3.8) is 0 Å². The van der Waals surface area contributed by atoms with E-state index >= 15 is 0 Å². The van der Waals surface area contributed by atoms with Crippen molar-refractivity contribution in [1.29, 1.82) is 0 Å². The zero-order valence-electron chi connectivity index (χ0n) is 8.38. The van der Waals surface area contributed by atoms with Gasteiger partial charge in [0.25, 0.3) is 0 Å². The van der Waals surface area contributed by atoms with E-state index in [1.54, 1.807) is 0 Å². The number of rotatable bonds is 1.